The van der Waals surface area contributed by atoms with Crippen LogP contribution in [0.15, 0.2) is 95.4 Å². The van der Waals surface area contributed by atoms with E-state index >= 15 is 0 Å². The summed E-state index contributed by atoms with van der Waals surface area (Å²) in [6, 6.07) is 25.7. The summed E-state index contributed by atoms with van der Waals surface area (Å²) in [5, 5.41) is 15.0. The zero-order valence-electron chi connectivity index (χ0n) is 18.4. The average Bonchev–Trinajstić information content (AvgIpc) is 3.54. The van der Waals surface area contributed by atoms with Crippen molar-refractivity contribution < 1.29 is 14.1 Å². The number of carbonyl (C=O) groups excluding carboxylic acids is 1. The molecule has 0 fully saturated rings. The average molecular weight is 482 g/mol. The Kier molecular flexibility index (Phi) is 6.19. The molecule has 2 heterocycles. The van der Waals surface area contributed by atoms with Gasteiger partial charge in [0.1, 0.15) is 16.5 Å². The van der Waals surface area contributed by atoms with Crippen LogP contribution >= 0.6 is 11.3 Å². The lowest BCUT2D eigenvalue weighted by Crippen LogP contribution is -2.20. The fraction of sp³-hybridized carbons (Fsp3) is 0.0370. The number of amides is 1. The molecular weight excluding hydrogens is 462 g/mol. The van der Waals surface area contributed by atoms with Gasteiger partial charge in [-0.15, -0.1) is 11.3 Å². The van der Waals surface area contributed by atoms with Gasteiger partial charge >= 0.3 is 0 Å². The zero-order valence-corrected chi connectivity index (χ0v) is 19.2. The van der Waals surface area contributed by atoms with E-state index in [4.69, 9.17) is 4.42 Å². The second-order valence-electron chi connectivity index (χ2n) is 7.71. The molecule has 0 atom stereocenters. The molecule has 0 aliphatic heterocycles. The van der Waals surface area contributed by atoms with Crippen molar-refractivity contribution in [3.8, 4) is 21.9 Å². The molecule has 5 rings (SSSR count). The molecule has 1 N–H and O–H groups in total. The molecule has 2 aromatic heterocycles. The number of hydrogen-bond donors (Lipinski definition) is 1. The van der Waals surface area contributed by atoms with Crippen molar-refractivity contribution in [2.75, 3.05) is 0 Å². The SMILES string of the molecule is O=C(C=Cc1ccc(-c2ccccc2[N+](=O)[O-])o1)NCc1ccc(-c2nc3ccccc3s2)cc1. The number of furan rings is 1. The van der Waals surface area contributed by atoms with E-state index in [-0.39, 0.29) is 11.6 Å². The molecule has 0 spiro atoms. The summed E-state index contributed by atoms with van der Waals surface area (Å²) in [6.07, 6.45) is 2.90. The minimum absolute atomic E-state index is 0.0377. The molecule has 0 aliphatic rings. The van der Waals surface area contributed by atoms with Crippen molar-refractivity contribution in [3.63, 3.8) is 0 Å². The van der Waals surface area contributed by atoms with E-state index in [1.807, 2.05) is 42.5 Å². The van der Waals surface area contributed by atoms with Crippen LogP contribution in [0.2, 0.25) is 0 Å². The molecule has 0 saturated heterocycles. The number of carbonyl (C=O) groups is 1. The number of hydrogen-bond acceptors (Lipinski definition) is 6. The number of nitro benzene ring substituents is 1. The van der Waals surface area contributed by atoms with Gasteiger partial charge in [-0.3, -0.25) is 14.9 Å². The van der Waals surface area contributed by atoms with Crippen LogP contribution in [0.25, 0.3) is 38.2 Å². The molecule has 0 aliphatic carbocycles. The van der Waals surface area contributed by atoms with Crippen LogP contribution in [0.1, 0.15) is 11.3 Å². The van der Waals surface area contributed by atoms with Crippen LogP contribution in [0, 0.1) is 10.1 Å². The van der Waals surface area contributed by atoms with Gasteiger partial charge in [-0.25, -0.2) is 4.98 Å². The van der Waals surface area contributed by atoms with Crippen molar-refractivity contribution in [2.45, 2.75) is 6.54 Å². The fourth-order valence-electron chi connectivity index (χ4n) is 3.60. The van der Waals surface area contributed by atoms with Gasteiger partial charge in [-0.2, -0.15) is 0 Å². The number of aromatic nitrogens is 1. The van der Waals surface area contributed by atoms with Crippen LogP contribution < -0.4 is 5.32 Å². The largest absolute Gasteiger partial charge is 0.456 e. The van der Waals surface area contributed by atoms with Crippen molar-refractivity contribution in [3.05, 3.63) is 112 Å². The Hall–Kier alpha value is -4.56. The van der Waals surface area contributed by atoms with Gasteiger partial charge in [-0.1, -0.05) is 48.5 Å². The molecule has 0 saturated carbocycles. The summed E-state index contributed by atoms with van der Waals surface area (Å²) < 4.78 is 6.82. The number of rotatable bonds is 7. The predicted octanol–water partition coefficient (Wildman–Crippen LogP) is 6.46. The van der Waals surface area contributed by atoms with Crippen LogP contribution in [0.5, 0.6) is 0 Å². The van der Waals surface area contributed by atoms with Crippen LogP contribution in [-0.2, 0) is 11.3 Å². The number of nitro groups is 1. The Bertz CT molecular complexity index is 1520. The summed E-state index contributed by atoms with van der Waals surface area (Å²) in [6.45, 7) is 0.378. The smallest absolute Gasteiger partial charge is 0.280 e. The Balaban J connectivity index is 1.19. The highest BCUT2D eigenvalue weighted by Gasteiger charge is 2.16. The highest BCUT2D eigenvalue weighted by molar-refractivity contribution is 7.21. The number of nitrogens with zero attached hydrogens (tertiary/aromatic N) is 2. The summed E-state index contributed by atoms with van der Waals surface area (Å²) in [5.41, 5.74) is 3.34. The first-order chi connectivity index (χ1) is 17.1. The standard InChI is InChI=1S/C27H19N3O4S/c31-26(16-14-20-13-15-24(34-20)21-5-1-3-7-23(21)30(32)33)28-17-18-9-11-19(12-10-18)27-29-22-6-2-4-8-25(22)35-27/h1-16H,17H2,(H,28,31). The quantitative estimate of drug-likeness (QED) is 0.163. The lowest BCUT2D eigenvalue weighted by atomic mass is 10.1. The second-order valence-corrected chi connectivity index (χ2v) is 8.74. The molecule has 35 heavy (non-hydrogen) atoms. The van der Waals surface area contributed by atoms with E-state index in [1.165, 1.54) is 18.2 Å². The minimum atomic E-state index is -0.452. The highest BCUT2D eigenvalue weighted by Crippen LogP contribution is 2.31. The van der Waals surface area contributed by atoms with Gasteiger partial charge in [0.2, 0.25) is 5.91 Å². The van der Waals surface area contributed by atoms with Gasteiger partial charge in [0.05, 0.1) is 20.7 Å². The van der Waals surface area contributed by atoms with Gasteiger partial charge in [0, 0.05) is 24.3 Å². The minimum Gasteiger partial charge on any atom is -0.456 e. The molecule has 1 amide bonds. The number of benzene rings is 3. The first-order valence-corrected chi connectivity index (χ1v) is 11.6. The zero-order chi connectivity index (χ0) is 24.2. The Morgan fingerprint density at radius 2 is 1.77 bits per heavy atom. The van der Waals surface area contributed by atoms with Crippen LogP contribution in [0.3, 0.4) is 0 Å². The number of fused-ring (bicyclic) bond motifs is 1. The molecule has 0 radical (unpaired) electrons. The normalized spacial score (nSPS) is 11.2. The van der Waals surface area contributed by atoms with E-state index < -0.39 is 4.92 Å². The van der Waals surface area contributed by atoms with Crippen molar-refractivity contribution >= 4 is 39.2 Å². The van der Waals surface area contributed by atoms with Gasteiger partial charge in [0.25, 0.3) is 5.69 Å². The highest BCUT2D eigenvalue weighted by atomic mass is 32.1. The van der Waals surface area contributed by atoms with Crippen molar-refractivity contribution in [1.82, 2.24) is 10.3 Å². The Morgan fingerprint density at radius 3 is 2.57 bits per heavy atom. The number of para-hydroxylation sites is 2. The van der Waals surface area contributed by atoms with Crippen LogP contribution in [-0.4, -0.2) is 15.8 Å². The first kappa shape index (κ1) is 22.2. The molecule has 5 aromatic rings. The summed E-state index contributed by atoms with van der Waals surface area (Å²) in [4.78, 5) is 27.7. The second kappa shape index (κ2) is 9.74. The molecule has 172 valence electrons. The third kappa shape index (κ3) is 5.02. The molecule has 0 unspecified atom stereocenters. The predicted molar refractivity (Wildman–Crippen MR) is 137 cm³/mol. The van der Waals surface area contributed by atoms with Crippen molar-refractivity contribution in [1.29, 1.82) is 0 Å². The molecular formula is C27H19N3O4S. The maximum atomic E-state index is 12.3. The van der Waals surface area contributed by atoms with E-state index in [0.29, 0.717) is 23.6 Å². The maximum absolute atomic E-state index is 12.3. The summed E-state index contributed by atoms with van der Waals surface area (Å²) >= 11 is 1.65. The third-order valence-electron chi connectivity index (χ3n) is 5.35. The Morgan fingerprint density at radius 1 is 1.00 bits per heavy atom. The maximum Gasteiger partial charge on any atom is 0.280 e. The van der Waals surface area contributed by atoms with Crippen molar-refractivity contribution in [2.24, 2.45) is 0 Å². The molecule has 0 bridgehead atoms. The fourth-order valence-corrected chi connectivity index (χ4v) is 4.57. The van der Waals surface area contributed by atoms with Gasteiger partial charge in [-0.05, 0) is 42.0 Å². The van der Waals surface area contributed by atoms with E-state index in [1.54, 1.807) is 41.7 Å². The van der Waals surface area contributed by atoms with Gasteiger partial charge in [0.15, 0.2) is 0 Å². The lowest BCUT2D eigenvalue weighted by Gasteiger charge is -2.03. The van der Waals surface area contributed by atoms with Crippen LogP contribution in [0.4, 0.5) is 5.69 Å². The lowest BCUT2D eigenvalue weighted by molar-refractivity contribution is -0.384. The van der Waals surface area contributed by atoms with E-state index in [0.717, 1.165) is 26.4 Å². The van der Waals surface area contributed by atoms with E-state index in [9.17, 15) is 14.9 Å². The Labute approximate surface area is 204 Å². The topological polar surface area (TPSA) is 98.3 Å². The molecule has 3 aromatic carbocycles. The third-order valence-corrected chi connectivity index (χ3v) is 6.44. The monoisotopic (exact) mass is 481 g/mol. The first-order valence-electron chi connectivity index (χ1n) is 10.8. The molecule has 7 nitrogen and oxygen atoms in total. The van der Waals surface area contributed by atoms with Gasteiger partial charge < -0.3 is 9.73 Å². The molecule has 8 heteroatoms. The summed E-state index contributed by atoms with van der Waals surface area (Å²) in [5.74, 6) is 0.517. The van der Waals surface area contributed by atoms with E-state index in [2.05, 4.69) is 16.4 Å². The number of nitrogens with one attached hydrogen (secondary N) is 1. The summed E-state index contributed by atoms with van der Waals surface area (Å²) in [7, 11) is 0. The number of thiazole rings is 1.